The van der Waals surface area contributed by atoms with Gasteiger partial charge in [0.05, 0.1) is 11.4 Å². The van der Waals surface area contributed by atoms with Crippen molar-refractivity contribution in [2.75, 3.05) is 10.5 Å². The van der Waals surface area contributed by atoms with E-state index in [0.29, 0.717) is 15.8 Å². The van der Waals surface area contributed by atoms with Crippen molar-refractivity contribution < 1.29 is 8.42 Å². The van der Waals surface area contributed by atoms with Gasteiger partial charge in [0, 0.05) is 13.4 Å². The first-order valence-electron chi connectivity index (χ1n) is 5.74. The Morgan fingerprint density at radius 2 is 1.71 bits per heavy atom. The van der Waals surface area contributed by atoms with Crippen LogP contribution < -0.4 is 10.5 Å². The van der Waals surface area contributed by atoms with Gasteiger partial charge >= 0.3 is 0 Å². The summed E-state index contributed by atoms with van der Waals surface area (Å²) in [6.45, 7) is 1.88. The average molecular weight is 499 g/mol. The number of nitrogens with one attached hydrogen (secondary N) is 1. The lowest BCUT2D eigenvalue weighted by atomic mass is 10.2. The highest BCUT2D eigenvalue weighted by molar-refractivity contribution is 9.11. The maximum atomic E-state index is 12.5. The predicted octanol–water partition coefficient (Wildman–Crippen LogP) is 4.67. The van der Waals surface area contributed by atoms with Crippen molar-refractivity contribution >= 4 is 69.2 Å². The van der Waals surface area contributed by atoms with Gasteiger partial charge in [-0.2, -0.15) is 0 Å². The van der Waals surface area contributed by atoms with Crippen molar-refractivity contribution in [2.24, 2.45) is 0 Å². The zero-order chi connectivity index (χ0) is 15.8. The highest BCUT2D eigenvalue weighted by atomic mass is 79.9. The van der Waals surface area contributed by atoms with Crippen LogP contribution in [0.15, 0.2) is 48.6 Å². The monoisotopic (exact) mass is 496 g/mol. The third-order valence-corrected chi connectivity index (χ3v) is 6.43. The van der Waals surface area contributed by atoms with Gasteiger partial charge in [-0.15, -0.1) is 0 Å². The Bertz CT molecular complexity index is 807. The van der Waals surface area contributed by atoms with E-state index in [0.717, 1.165) is 14.5 Å². The van der Waals surface area contributed by atoms with Crippen LogP contribution in [-0.4, -0.2) is 8.42 Å². The zero-order valence-electron chi connectivity index (χ0n) is 10.8. The smallest absolute Gasteiger partial charge is 0.263 e. The molecule has 0 amide bonds. The van der Waals surface area contributed by atoms with Crippen molar-refractivity contribution in [1.82, 2.24) is 0 Å². The minimum absolute atomic E-state index is 0.141. The minimum atomic E-state index is -3.74. The summed E-state index contributed by atoms with van der Waals surface area (Å²) in [5.74, 6) is 0. The van der Waals surface area contributed by atoms with E-state index in [1.807, 2.05) is 6.92 Å². The number of nitrogen functional groups attached to an aromatic ring is 1. The summed E-state index contributed by atoms with van der Waals surface area (Å²) < 4.78 is 29.5. The molecule has 4 nitrogen and oxygen atoms in total. The molecule has 0 radical (unpaired) electrons. The van der Waals surface area contributed by atoms with Gasteiger partial charge < -0.3 is 5.73 Å². The van der Waals surface area contributed by atoms with E-state index < -0.39 is 10.0 Å². The van der Waals surface area contributed by atoms with Crippen LogP contribution >= 0.6 is 47.8 Å². The zero-order valence-corrected chi connectivity index (χ0v) is 16.4. The molecule has 2 rings (SSSR count). The average Bonchev–Trinajstić information content (AvgIpc) is 2.37. The highest BCUT2D eigenvalue weighted by Gasteiger charge is 2.20. The van der Waals surface area contributed by atoms with Crippen LogP contribution in [0.3, 0.4) is 0 Å². The summed E-state index contributed by atoms with van der Waals surface area (Å²) in [5, 5.41) is 0. The van der Waals surface area contributed by atoms with Crippen LogP contribution in [0.2, 0.25) is 0 Å². The number of benzene rings is 2. The van der Waals surface area contributed by atoms with E-state index in [1.165, 1.54) is 0 Å². The first-order chi connectivity index (χ1) is 9.70. The van der Waals surface area contributed by atoms with Crippen LogP contribution in [0.25, 0.3) is 0 Å². The molecule has 0 aliphatic rings. The summed E-state index contributed by atoms with van der Waals surface area (Å²) in [6, 6.07) is 8.25. The van der Waals surface area contributed by atoms with Gasteiger partial charge in [-0.1, -0.05) is 31.9 Å². The molecule has 0 saturated carbocycles. The Hall–Kier alpha value is -0.570. The molecule has 2 aromatic rings. The second-order valence-electron chi connectivity index (χ2n) is 4.37. The van der Waals surface area contributed by atoms with Crippen molar-refractivity contribution in [3.05, 3.63) is 49.3 Å². The Morgan fingerprint density at radius 3 is 2.33 bits per heavy atom. The molecule has 0 unspecified atom stereocenters. The van der Waals surface area contributed by atoms with Gasteiger partial charge in [0.2, 0.25) is 0 Å². The summed E-state index contributed by atoms with van der Waals surface area (Å²) in [5.41, 5.74) is 7.43. The number of sulfonamides is 1. The Kier molecular flexibility index (Phi) is 5.02. The molecule has 0 atom stereocenters. The Morgan fingerprint density at radius 1 is 1.05 bits per heavy atom. The lowest BCUT2D eigenvalue weighted by Crippen LogP contribution is -2.15. The topological polar surface area (TPSA) is 72.2 Å². The van der Waals surface area contributed by atoms with E-state index in [-0.39, 0.29) is 4.90 Å². The SMILES string of the molecule is Cc1cc(Br)c(S(=O)(=O)Nc2ccc(Br)cc2N)cc1Br. The number of halogens is 3. The fraction of sp³-hybridized carbons (Fsp3) is 0.0769. The summed E-state index contributed by atoms with van der Waals surface area (Å²) in [6.07, 6.45) is 0. The molecule has 21 heavy (non-hydrogen) atoms. The molecule has 0 saturated heterocycles. The van der Waals surface area contributed by atoms with Crippen molar-refractivity contribution in [1.29, 1.82) is 0 Å². The van der Waals surface area contributed by atoms with Gasteiger partial charge in [-0.25, -0.2) is 8.42 Å². The van der Waals surface area contributed by atoms with Crippen LogP contribution in [0, 0.1) is 6.92 Å². The third kappa shape index (κ3) is 3.80. The largest absolute Gasteiger partial charge is 0.397 e. The number of hydrogen-bond acceptors (Lipinski definition) is 3. The summed E-state index contributed by atoms with van der Waals surface area (Å²) >= 11 is 9.90. The Labute approximate surface area is 148 Å². The van der Waals surface area contributed by atoms with Crippen LogP contribution in [0.1, 0.15) is 5.56 Å². The normalized spacial score (nSPS) is 11.4. The molecule has 0 aliphatic heterocycles. The molecule has 2 aromatic carbocycles. The first kappa shape index (κ1) is 16.8. The van der Waals surface area contributed by atoms with E-state index in [4.69, 9.17) is 5.73 Å². The first-order valence-corrected chi connectivity index (χ1v) is 9.60. The lowest BCUT2D eigenvalue weighted by molar-refractivity contribution is 0.600. The molecule has 0 aromatic heterocycles. The van der Waals surface area contributed by atoms with E-state index >= 15 is 0 Å². The van der Waals surface area contributed by atoms with E-state index in [1.54, 1.807) is 30.3 Å². The van der Waals surface area contributed by atoms with Gasteiger partial charge in [0.1, 0.15) is 4.90 Å². The van der Waals surface area contributed by atoms with Gasteiger partial charge in [-0.05, 0) is 58.7 Å². The predicted molar refractivity (Wildman–Crippen MR) is 95.9 cm³/mol. The van der Waals surface area contributed by atoms with Crippen molar-refractivity contribution in [2.45, 2.75) is 11.8 Å². The standard InChI is InChI=1S/C13H11Br3N2O2S/c1-7-4-10(16)13(6-9(7)15)21(19,20)18-12-3-2-8(14)5-11(12)17/h2-6,18H,17H2,1H3. The van der Waals surface area contributed by atoms with Crippen LogP contribution in [-0.2, 0) is 10.0 Å². The molecular formula is C13H11Br3N2O2S. The quantitative estimate of drug-likeness (QED) is 0.604. The maximum Gasteiger partial charge on any atom is 0.263 e. The lowest BCUT2D eigenvalue weighted by Gasteiger charge is -2.13. The fourth-order valence-corrected chi connectivity index (χ4v) is 4.81. The second-order valence-corrected chi connectivity index (χ2v) is 8.64. The molecule has 0 aliphatic carbocycles. The van der Waals surface area contributed by atoms with Crippen molar-refractivity contribution in [3.8, 4) is 0 Å². The summed E-state index contributed by atoms with van der Waals surface area (Å²) in [7, 11) is -3.74. The molecule has 0 heterocycles. The van der Waals surface area contributed by atoms with Crippen LogP contribution in [0.4, 0.5) is 11.4 Å². The van der Waals surface area contributed by atoms with Crippen molar-refractivity contribution in [3.63, 3.8) is 0 Å². The van der Waals surface area contributed by atoms with Gasteiger partial charge in [0.15, 0.2) is 0 Å². The maximum absolute atomic E-state index is 12.5. The van der Waals surface area contributed by atoms with E-state index in [2.05, 4.69) is 52.5 Å². The Balaban J connectivity index is 2.46. The number of nitrogens with two attached hydrogens (primary N) is 1. The second kappa shape index (κ2) is 6.28. The number of rotatable bonds is 3. The van der Waals surface area contributed by atoms with E-state index in [9.17, 15) is 8.42 Å². The molecule has 3 N–H and O–H groups in total. The minimum Gasteiger partial charge on any atom is -0.397 e. The molecule has 0 bridgehead atoms. The number of anilines is 2. The highest BCUT2D eigenvalue weighted by Crippen LogP contribution is 2.31. The summed E-state index contributed by atoms with van der Waals surface area (Å²) in [4.78, 5) is 0.141. The molecule has 112 valence electrons. The van der Waals surface area contributed by atoms with Gasteiger partial charge in [-0.3, -0.25) is 4.72 Å². The molecule has 0 fully saturated rings. The number of hydrogen-bond donors (Lipinski definition) is 2. The van der Waals surface area contributed by atoms with Gasteiger partial charge in [0.25, 0.3) is 10.0 Å². The fourth-order valence-electron chi connectivity index (χ4n) is 1.66. The molecule has 8 heteroatoms. The molecule has 0 spiro atoms. The van der Waals surface area contributed by atoms with Crippen LogP contribution in [0.5, 0.6) is 0 Å². The number of aryl methyl sites for hydroxylation is 1. The molecular weight excluding hydrogens is 488 g/mol. The third-order valence-electron chi connectivity index (χ3n) is 2.76.